The van der Waals surface area contributed by atoms with E-state index in [1.807, 2.05) is 0 Å². The van der Waals surface area contributed by atoms with Crippen LogP contribution < -0.4 is 4.90 Å². The minimum absolute atomic E-state index is 0.198. The molecule has 214 valence electrons. The monoisotopic (exact) mass is 575 g/mol. The molecular formula is C44H33N. The number of hydrogen-bond donors (Lipinski definition) is 0. The molecule has 1 atom stereocenters. The van der Waals surface area contributed by atoms with Crippen molar-refractivity contribution in [3.05, 3.63) is 188 Å². The molecule has 0 saturated heterocycles. The van der Waals surface area contributed by atoms with Crippen LogP contribution in [0.2, 0.25) is 0 Å². The Labute approximate surface area is 265 Å². The summed E-state index contributed by atoms with van der Waals surface area (Å²) in [5.41, 5.74) is 9.83. The third kappa shape index (κ3) is 5.46. The quantitative estimate of drug-likeness (QED) is 0.191. The zero-order valence-electron chi connectivity index (χ0n) is 25.1. The first-order valence-corrected chi connectivity index (χ1v) is 15.7. The highest BCUT2D eigenvalue weighted by Gasteiger charge is 2.21. The third-order valence-electron chi connectivity index (χ3n) is 8.97. The van der Waals surface area contributed by atoms with Gasteiger partial charge in [0.25, 0.3) is 0 Å². The molecule has 1 aliphatic rings. The number of anilines is 2. The van der Waals surface area contributed by atoms with E-state index in [0.717, 1.165) is 6.42 Å². The molecular weight excluding hydrogens is 542 g/mol. The number of benzene rings is 7. The molecule has 1 nitrogen and oxygen atoms in total. The molecule has 0 N–H and O–H groups in total. The van der Waals surface area contributed by atoms with Crippen molar-refractivity contribution < 1.29 is 0 Å². The molecule has 0 heterocycles. The first kappa shape index (κ1) is 26.9. The van der Waals surface area contributed by atoms with Crippen LogP contribution in [0, 0.1) is 0 Å². The van der Waals surface area contributed by atoms with E-state index < -0.39 is 0 Å². The van der Waals surface area contributed by atoms with Gasteiger partial charge >= 0.3 is 0 Å². The largest absolute Gasteiger partial charge is 0.334 e. The number of hydrogen-bond acceptors (Lipinski definition) is 1. The van der Waals surface area contributed by atoms with Crippen LogP contribution in [0.15, 0.2) is 182 Å². The van der Waals surface area contributed by atoms with Crippen molar-refractivity contribution in [2.24, 2.45) is 0 Å². The van der Waals surface area contributed by atoms with Gasteiger partial charge in [0.15, 0.2) is 0 Å². The van der Waals surface area contributed by atoms with Gasteiger partial charge in [-0.25, -0.2) is 0 Å². The Kier molecular flexibility index (Phi) is 7.05. The highest BCUT2D eigenvalue weighted by Crippen LogP contribution is 2.36. The van der Waals surface area contributed by atoms with Crippen molar-refractivity contribution in [1.29, 1.82) is 0 Å². The van der Waals surface area contributed by atoms with Crippen LogP contribution in [0.4, 0.5) is 11.4 Å². The summed E-state index contributed by atoms with van der Waals surface area (Å²) in [5.74, 6) is 0. The average molecular weight is 576 g/mol. The van der Waals surface area contributed by atoms with Gasteiger partial charge in [0.2, 0.25) is 0 Å². The molecule has 0 spiro atoms. The third-order valence-corrected chi connectivity index (χ3v) is 8.97. The zero-order chi connectivity index (χ0) is 30.0. The van der Waals surface area contributed by atoms with Gasteiger partial charge in [-0.1, -0.05) is 146 Å². The van der Waals surface area contributed by atoms with Crippen LogP contribution >= 0.6 is 0 Å². The fourth-order valence-corrected chi connectivity index (χ4v) is 6.54. The van der Waals surface area contributed by atoms with E-state index in [4.69, 9.17) is 0 Å². The van der Waals surface area contributed by atoms with Crippen molar-refractivity contribution in [3.8, 4) is 22.3 Å². The van der Waals surface area contributed by atoms with Crippen molar-refractivity contribution in [3.63, 3.8) is 0 Å². The summed E-state index contributed by atoms with van der Waals surface area (Å²) in [6, 6.07) is 59.5. The summed E-state index contributed by atoms with van der Waals surface area (Å²) < 4.78 is 0. The maximum atomic E-state index is 2.48. The van der Waals surface area contributed by atoms with E-state index in [-0.39, 0.29) is 6.04 Å². The molecule has 7 aromatic rings. The number of nitrogens with zero attached hydrogens (tertiary/aromatic N) is 1. The first-order chi connectivity index (χ1) is 22.3. The van der Waals surface area contributed by atoms with E-state index >= 15 is 0 Å². The normalized spacial score (nSPS) is 14.4. The van der Waals surface area contributed by atoms with E-state index in [1.54, 1.807) is 0 Å². The maximum absolute atomic E-state index is 2.48. The Morgan fingerprint density at radius 2 is 0.867 bits per heavy atom. The van der Waals surface area contributed by atoms with Gasteiger partial charge < -0.3 is 4.90 Å². The molecule has 8 rings (SSSR count). The second-order valence-electron chi connectivity index (χ2n) is 11.8. The van der Waals surface area contributed by atoms with Gasteiger partial charge in [-0.05, 0) is 97.8 Å². The van der Waals surface area contributed by atoms with Crippen LogP contribution in [0.3, 0.4) is 0 Å². The smallest absolute Gasteiger partial charge is 0.0560 e. The van der Waals surface area contributed by atoms with Crippen molar-refractivity contribution >= 4 is 38.5 Å². The molecule has 1 heteroatoms. The van der Waals surface area contributed by atoms with Gasteiger partial charge in [-0.15, -0.1) is 0 Å². The molecule has 0 saturated carbocycles. The molecule has 45 heavy (non-hydrogen) atoms. The fraction of sp³-hybridized carbons (Fsp3) is 0.0455. The summed E-state index contributed by atoms with van der Waals surface area (Å²) in [7, 11) is 0. The molecule has 0 amide bonds. The van der Waals surface area contributed by atoms with Gasteiger partial charge in [0, 0.05) is 11.4 Å². The second-order valence-corrected chi connectivity index (χ2v) is 11.8. The van der Waals surface area contributed by atoms with E-state index in [9.17, 15) is 0 Å². The predicted molar refractivity (Wildman–Crippen MR) is 193 cm³/mol. The molecule has 0 fully saturated rings. The van der Waals surface area contributed by atoms with Crippen molar-refractivity contribution in [2.75, 3.05) is 4.90 Å². The number of fused-ring (bicyclic) bond motifs is 2. The lowest BCUT2D eigenvalue weighted by Gasteiger charge is -2.33. The van der Waals surface area contributed by atoms with Crippen molar-refractivity contribution in [1.82, 2.24) is 0 Å². The molecule has 0 aliphatic heterocycles. The average Bonchev–Trinajstić information content (AvgIpc) is 3.12. The molecule has 0 radical (unpaired) electrons. The highest BCUT2D eigenvalue weighted by molar-refractivity contribution is 5.89. The van der Waals surface area contributed by atoms with Crippen LogP contribution in [0.5, 0.6) is 0 Å². The van der Waals surface area contributed by atoms with Crippen LogP contribution in [0.25, 0.3) is 49.4 Å². The zero-order valence-corrected chi connectivity index (χ0v) is 25.1. The SMILES string of the molecule is C1=CC(N(c2ccc(-c3ccccc3)cc2)c2ccc(-c3ccc4ccccc4c3)cc2)CC=C1c1ccc2ccccc2c1. The van der Waals surface area contributed by atoms with E-state index in [2.05, 4.69) is 187 Å². The Morgan fingerprint density at radius 3 is 1.44 bits per heavy atom. The Balaban J connectivity index is 1.12. The fourth-order valence-electron chi connectivity index (χ4n) is 6.54. The Morgan fingerprint density at radius 1 is 0.400 bits per heavy atom. The highest BCUT2D eigenvalue weighted by atomic mass is 15.2. The van der Waals surface area contributed by atoms with Crippen molar-refractivity contribution in [2.45, 2.75) is 12.5 Å². The molecule has 0 bridgehead atoms. The maximum Gasteiger partial charge on any atom is 0.0560 e. The standard InChI is InChI=1S/C44H33N/c1-2-8-32(9-3-1)35-18-24-42(25-19-35)45(43-26-20-36(21-27-43)40-16-14-33-10-4-6-12-38(33)30-40)44-28-22-37(23-29-44)41-17-15-34-11-5-7-13-39(34)31-41/h1-28,30-31,44H,29H2. The van der Waals surface area contributed by atoms with Gasteiger partial charge in [-0.3, -0.25) is 0 Å². The molecule has 1 aliphatic carbocycles. The lowest BCUT2D eigenvalue weighted by atomic mass is 9.94. The van der Waals surface area contributed by atoms with Gasteiger partial charge in [0.1, 0.15) is 0 Å². The Bertz CT molecular complexity index is 2170. The van der Waals surface area contributed by atoms with Gasteiger partial charge in [-0.2, -0.15) is 0 Å². The predicted octanol–water partition coefficient (Wildman–Crippen LogP) is 11.9. The summed E-state index contributed by atoms with van der Waals surface area (Å²) in [6.07, 6.45) is 7.98. The minimum atomic E-state index is 0.198. The molecule has 7 aromatic carbocycles. The van der Waals surface area contributed by atoms with Crippen LogP contribution in [-0.4, -0.2) is 6.04 Å². The van der Waals surface area contributed by atoms with E-state index in [0.29, 0.717) is 0 Å². The summed E-state index contributed by atoms with van der Waals surface area (Å²) in [4.78, 5) is 2.48. The summed E-state index contributed by atoms with van der Waals surface area (Å²) in [6.45, 7) is 0. The first-order valence-electron chi connectivity index (χ1n) is 15.7. The van der Waals surface area contributed by atoms with E-state index in [1.165, 1.54) is 66.3 Å². The summed E-state index contributed by atoms with van der Waals surface area (Å²) in [5, 5.41) is 5.08. The Hall–Kier alpha value is -5.66. The molecule has 1 unspecified atom stereocenters. The number of rotatable bonds is 6. The second kappa shape index (κ2) is 11.8. The lowest BCUT2D eigenvalue weighted by molar-refractivity contribution is 0.787. The number of allylic oxidation sites excluding steroid dienone is 2. The summed E-state index contributed by atoms with van der Waals surface area (Å²) >= 11 is 0. The lowest BCUT2D eigenvalue weighted by Crippen LogP contribution is -2.30. The van der Waals surface area contributed by atoms with Crippen LogP contribution in [-0.2, 0) is 0 Å². The molecule has 0 aromatic heterocycles. The van der Waals surface area contributed by atoms with Gasteiger partial charge in [0.05, 0.1) is 6.04 Å². The minimum Gasteiger partial charge on any atom is -0.334 e. The van der Waals surface area contributed by atoms with Crippen LogP contribution in [0.1, 0.15) is 12.0 Å². The topological polar surface area (TPSA) is 3.24 Å².